The lowest BCUT2D eigenvalue weighted by molar-refractivity contribution is -0.386. The fourth-order valence-electron chi connectivity index (χ4n) is 1.43. The minimum absolute atomic E-state index is 0.141. The van der Waals surface area contributed by atoms with Crippen molar-refractivity contribution in [3.63, 3.8) is 0 Å². The number of halogens is 2. The second kappa shape index (κ2) is 6.34. The monoisotopic (exact) mass is 262 g/mol. The van der Waals surface area contributed by atoms with Crippen molar-refractivity contribution in [2.24, 2.45) is 0 Å². The van der Waals surface area contributed by atoms with Gasteiger partial charge in [-0.1, -0.05) is 11.6 Å². The fraction of sp³-hybridized carbons (Fsp3) is 0.500. The second-order valence-corrected chi connectivity index (χ2v) is 3.99. The lowest BCUT2D eigenvalue weighted by Gasteiger charge is -2.05. The van der Waals surface area contributed by atoms with E-state index in [9.17, 15) is 19.3 Å². The molecule has 1 aromatic heterocycles. The first kappa shape index (κ1) is 13.6. The molecule has 94 valence electrons. The smallest absolute Gasteiger partial charge is 0.308 e. The maximum Gasteiger partial charge on any atom is 0.335 e. The molecule has 0 saturated heterocycles. The zero-order valence-corrected chi connectivity index (χ0v) is 9.82. The van der Waals surface area contributed by atoms with Crippen molar-refractivity contribution in [3.8, 4) is 0 Å². The molecule has 0 radical (unpaired) electrons. The Morgan fingerprint density at radius 2 is 2.12 bits per heavy atom. The molecule has 1 rings (SSSR count). The Balaban J connectivity index is 2.85. The van der Waals surface area contributed by atoms with Crippen LogP contribution in [0.25, 0.3) is 0 Å². The molecule has 0 spiro atoms. The van der Waals surface area contributed by atoms with E-state index in [1.54, 1.807) is 0 Å². The van der Waals surface area contributed by atoms with Gasteiger partial charge in [-0.25, -0.2) is 0 Å². The van der Waals surface area contributed by atoms with Gasteiger partial charge in [0.15, 0.2) is 0 Å². The summed E-state index contributed by atoms with van der Waals surface area (Å²) in [6.07, 6.45) is 2.99. The number of aryl methyl sites for hydroxylation is 1. The van der Waals surface area contributed by atoms with Crippen LogP contribution in [0, 0.1) is 10.1 Å². The number of unbranched alkanes of at least 4 members (excludes halogenated alkanes) is 2. The van der Waals surface area contributed by atoms with Crippen molar-refractivity contribution in [2.45, 2.75) is 25.8 Å². The van der Waals surface area contributed by atoms with E-state index < -0.39 is 22.8 Å². The summed E-state index contributed by atoms with van der Waals surface area (Å²) in [6, 6.07) is 1.03. The zero-order chi connectivity index (χ0) is 12.8. The number of rotatable bonds is 6. The van der Waals surface area contributed by atoms with E-state index in [2.05, 4.69) is 0 Å². The Morgan fingerprint density at radius 1 is 1.41 bits per heavy atom. The highest BCUT2D eigenvalue weighted by molar-refractivity contribution is 6.30. The third-order valence-corrected chi connectivity index (χ3v) is 2.47. The van der Waals surface area contributed by atoms with E-state index in [-0.39, 0.29) is 5.02 Å². The number of aromatic nitrogens is 1. The van der Waals surface area contributed by atoms with E-state index in [4.69, 9.17) is 11.6 Å². The van der Waals surface area contributed by atoms with E-state index in [1.807, 2.05) is 0 Å². The summed E-state index contributed by atoms with van der Waals surface area (Å²) in [5.41, 5.74) is -1.22. The maximum atomic E-state index is 11.9. The van der Waals surface area contributed by atoms with E-state index in [0.717, 1.165) is 6.07 Å². The first-order chi connectivity index (χ1) is 8.06. The molecule has 0 saturated carbocycles. The summed E-state index contributed by atoms with van der Waals surface area (Å²) in [4.78, 5) is 21.4. The predicted octanol–water partition coefficient (Wildman–Crippen LogP) is 2.55. The number of nitro groups is 1. The maximum absolute atomic E-state index is 11.9. The number of hydrogen-bond donors (Lipinski definition) is 0. The molecule has 0 aliphatic carbocycles. The lowest BCUT2D eigenvalue weighted by atomic mass is 10.2. The number of alkyl halides is 1. The number of hydrogen-bond acceptors (Lipinski definition) is 3. The molecule has 0 atom stereocenters. The van der Waals surface area contributed by atoms with Gasteiger partial charge < -0.3 is 4.57 Å². The molecule has 0 unspecified atom stereocenters. The summed E-state index contributed by atoms with van der Waals surface area (Å²) >= 11 is 5.68. The lowest BCUT2D eigenvalue weighted by Crippen LogP contribution is -2.22. The van der Waals surface area contributed by atoms with Crippen LogP contribution in [-0.4, -0.2) is 16.2 Å². The van der Waals surface area contributed by atoms with Crippen molar-refractivity contribution >= 4 is 17.3 Å². The molecule has 0 fully saturated rings. The highest BCUT2D eigenvalue weighted by Gasteiger charge is 2.15. The van der Waals surface area contributed by atoms with Gasteiger partial charge in [0.25, 0.3) is 0 Å². The van der Waals surface area contributed by atoms with Crippen LogP contribution in [-0.2, 0) is 6.54 Å². The van der Waals surface area contributed by atoms with Gasteiger partial charge in [0.1, 0.15) is 0 Å². The largest absolute Gasteiger partial charge is 0.335 e. The molecular formula is C10H12ClFN2O3. The number of nitrogens with zero attached hydrogens (tertiary/aromatic N) is 2. The van der Waals surface area contributed by atoms with E-state index >= 15 is 0 Å². The molecule has 0 N–H and O–H groups in total. The summed E-state index contributed by atoms with van der Waals surface area (Å²) in [6.45, 7) is -0.0924. The summed E-state index contributed by atoms with van der Waals surface area (Å²) < 4.78 is 13.0. The summed E-state index contributed by atoms with van der Waals surface area (Å²) in [7, 11) is 0. The highest BCUT2D eigenvalue weighted by Crippen LogP contribution is 2.13. The minimum Gasteiger partial charge on any atom is -0.308 e. The SMILES string of the molecule is O=c1c([N+](=O)[O-])cc(Cl)cn1CCCCCF. The van der Waals surface area contributed by atoms with Crippen LogP contribution in [0.1, 0.15) is 19.3 Å². The van der Waals surface area contributed by atoms with Crippen molar-refractivity contribution in [1.82, 2.24) is 4.57 Å². The molecule has 1 heterocycles. The fourth-order valence-corrected chi connectivity index (χ4v) is 1.66. The summed E-state index contributed by atoms with van der Waals surface area (Å²) in [5, 5.41) is 10.7. The Labute approximate surface area is 102 Å². The second-order valence-electron chi connectivity index (χ2n) is 3.55. The number of pyridine rings is 1. The molecular weight excluding hydrogens is 251 g/mol. The third-order valence-electron chi connectivity index (χ3n) is 2.26. The van der Waals surface area contributed by atoms with Crippen LogP contribution in [0.15, 0.2) is 17.1 Å². The minimum atomic E-state index is -0.758. The van der Waals surface area contributed by atoms with Gasteiger partial charge >= 0.3 is 11.2 Å². The predicted molar refractivity (Wildman–Crippen MR) is 62.2 cm³/mol. The quantitative estimate of drug-likeness (QED) is 0.449. The van der Waals surface area contributed by atoms with Crippen molar-refractivity contribution < 1.29 is 9.31 Å². The van der Waals surface area contributed by atoms with Crippen LogP contribution >= 0.6 is 11.6 Å². The Kier molecular flexibility index (Phi) is 5.09. The standard InChI is InChI=1S/C10H12ClFN2O3/c11-8-6-9(14(16)17)10(15)13(7-8)5-3-1-2-4-12/h6-7H,1-5H2. The van der Waals surface area contributed by atoms with Crippen LogP contribution in [0.2, 0.25) is 5.02 Å². The van der Waals surface area contributed by atoms with Gasteiger partial charge in [0.2, 0.25) is 0 Å². The Hall–Kier alpha value is -1.43. The molecule has 0 aromatic carbocycles. The molecule has 17 heavy (non-hydrogen) atoms. The van der Waals surface area contributed by atoms with Crippen molar-refractivity contribution in [2.75, 3.05) is 6.67 Å². The van der Waals surface area contributed by atoms with Crippen LogP contribution in [0.5, 0.6) is 0 Å². The molecule has 1 aromatic rings. The zero-order valence-electron chi connectivity index (χ0n) is 9.07. The van der Waals surface area contributed by atoms with Gasteiger partial charge in [0, 0.05) is 18.8 Å². The molecule has 0 amide bonds. The third kappa shape index (κ3) is 3.81. The summed E-state index contributed by atoms with van der Waals surface area (Å²) in [5.74, 6) is 0. The average Bonchev–Trinajstić information content (AvgIpc) is 2.28. The van der Waals surface area contributed by atoms with Gasteiger partial charge in [-0.2, -0.15) is 0 Å². The van der Waals surface area contributed by atoms with Gasteiger partial charge in [0.05, 0.1) is 16.6 Å². The molecule has 0 aliphatic rings. The van der Waals surface area contributed by atoms with E-state index in [1.165, 1.54) is 10.8 Å². The van der Waals surface area contributed by atoms with E-state index in [0.29, 0.717) is 25.8 Å². The van der Waals surface area contributed by atoms with Crippen molar-refractivity contribution in [3.05, 3.63) is 37.8 Å². The molecule has 5 nitrogen and oxygen atoms in total. The Bertz CT molecular complexity index is 461. The molecule has 7 heteroatoms. The Morgan fingerprint density at radius 3 is 2.71 bits per heavy atom. The molecule has 0 aliphatic heterocycles. The van der Waals surface area contributed by atoms with Gasteiger partial charge in [-0.15, -0.1) is 0 Å². The van der Waals surface area contributed by atoms with Gasteiger partial charge in [-0.05, 0) is 19.3 Å². The van der Waals surface area contributed by atoms with Crippen molar-refractivity contribution in [1.29, 1.82) is 0 Å². The highest BCUT2D eigenvalue weighted by atomic mass is 35.5. The van der Waals surface area contributed by atoms with Crippen LogP contribution < -0.4 is 5.56 Å². The normalized spacial score (nSPS) is 10.5. The first-order valence-electron chi connectivity index (χ1n) is 5.16. The molecule has 0 bridgehead atoms. The topological polar surface area (TPSA) is 65.1 Å². The average molecular weight is 263 g/mol. The van der Waals surface area contributed by atoms with Crippen LogP contribution in [0.4, 0.5) is 10.1 Å². The van der Waals surface area contributed by atoms with Crippen LogP contribution in [0.3, 0.4) is 0 Å². The first-order valence-corrected chi connectivity index (χ1v) is 5.54. The van der Waals surface area contributed by atoms with Gasteiger partial charge in [-0.3, -0.25) is 19.3 Å².